The highest BCUT2D eigenvalue weighted by molar-refractivity contribution is 9.10. The minimum atomic E-state index is -0.373. The van der Waals surface area contributed by atoms with Crippen molar-refractivity contribution in [2.45, 2.75) is 19.8 Å². The molecule has 1 aliphatic rings. The topological polar surface area (TPSA) is 62.7 Å². The van der Waals surface area contributed by atoms with E-state index in [4.69, 9.17) is 4.74 Å². The molecule has 120 valence electrons. The minimum Gasteiger partial charge on any atom is -0.453 e. The van der Waals surface area contributed by atoms with Crippen molar-refractivity contribution in [1.29, 1.82) is 0 Å². The lowest BCUT2D eigenvalue weighted by molar-refractivity contribution is -0.123. The first-order valence-electron chi connectivity index (χ1n) is 7.32. The fraction of sp³-hybridized carbons (Fsp3) is 0.533. The predicted octanol–water partition coefficient (Wildman–Crippen LogP) is 2.68. The Morgan fingerprint density at radius 2 is 2.27 bits per heavy atom. The van der Waals surface area contributed by atoms with E-state index in [9.17, 15) is 9.59 Å². The van der Waals surface area contributed by atoms with Crippen molar-refractivity contribution >= 4 is 33.7 Å². The number of aromatic nitrogens is 1. The molecule has 1 aromatic heterocycles. The molecule has 2 heterocycles. The third-order valence-electron chi connectivity index (χ3n) is 3.77. The highest BCUT2D eigenvalue weighted by atomic mass is 79.9. The molecule has 2 rings (SSSR count). The molecule has 0 unspecified atom stereocenters. The van der Waals surface area contributed by atoms with Gasteiger partial charge in [0.2, 0.25) is 5.91 Å². The number of amides is 2. The second kappa shape index (κ2) is 7.58. The molecule has 1 aliphatic heterocycles. The van der Waals surface area contributed by atoms with E-state index in [-0.39, 0.29) is 17.9 Å². The van der Waals surface area contributed by atoms with Crippen LogP contribution in [0.25, 0.3) is 0 Å². The van der Waals surface area contributed by atoms with Crippen LogP contribution in [0, 0.1) is 5.92 Å². The number of hydrogen-bond acceptors (Lipinski definition) is 4. The lowest BCUT2D eigenvalue weighted by Gasteiger charge is -2.33. The van der Waals surface area contributed by atoms with E-state index in [1.165, 1.54) is 7.11 Å². The van der Waals surface area contributed by atoms with Gasteiger partial charge in [-0.15, -0.1) is 0 Å². The first-order chi connectivity index (χ1) is 10.6. The molecule has 1 atom stereocenters. The number of carbonyl (C=O) groups is 2. The maximum atomic E-state index is 12.8. The van der Waals surface area contributed by atoms with Gasteiger partial charge in [0.05, 0.1) is 13.0 Å². The van der Waals surface area contributed by atoms with Crippen molar-refractivity contribution in [2.24, 2.45) is 5.92 Å². The van der Waals surface area contributed by atoms with Crippen LogP contribution in [0.1, 0.15) is 19.8 Å². The van der Waals surface area contributed by atoms with E-state index in [1.807, 2.05) is 19.1 Å². The van der Waals surface area contributed by atoms with E-state index in [2.05, 4.69) is 20.9 Å². The zero-order chi connectivity index (χ0) is 16.1. The maximum absolute atomic E-state index is 12.8. The molecule has 0 aromatic carbocycles. The van der Waals surface area contributed by atoms with Crippen LogP contribution in [0.2, 0.25) is 0 Å². The fourth-order valence-corrected chi connectivity index (χ4v) is 2.89. The summed E-state index contributed by atoms with van der Waals surface area (Å²) in [6.45, 7) is 3.50. The zero-order valence-electron chi connectivity index (χ0n) is 12.8. The number of halogens is 1. The van der Waals surface area contributed by atoms with Crippen molar-refractivity contribution in [1.82, 2.24) is 9.88 Å². The van der Waals surface area contributed by atoms with Crippen LogP contribution in [0.4, 0.5) is 10.6 Å². The Kier molecular flexibility index (Phi) is 5.76. The van der Waals surface area contributed by atoms with Crippen LogP contribution in [-0.2, 0) is 9.53 Å². The van der Waals surface area contributed by atoms with Gasteiger partial charge in [-0.2, -0.15) is 0 Å². The summed E-state index contributed by atoms with van der Waals surface area (Å²) >= 11 is 3.34. The van der Waals surface area contributed by atoms with E-state index in [0.29, 0.717) is 25.5 Å². The number of nitrogens with zero attached hydrogens (tertiary/aromatic N) is 3. The maximum Gasteiger partial charge on any atom is 0.409 e. The number of rotatable bonds is 3. The summed E-state index contributed by atoms with van der Waals surface area (Å²) in [6, 6.07) is 3.67. The summed E-state index contributed by atoms with van der Waals surface area (Å²) in [7, 11) is 1.36. The Balaban J connectivity index is 2.10. The number of carbonyl (C=O) groups excluding carboxylic acids is 2. The lowest BCUT2D eigenvalue weighted by Crippen LogP contribution is -2.47. The smallest absolute Gasteiger partial charge is 0.409 e. The van der Waals surface area contributed by atoms with Crippen molar-refractivity contribution in [2.75, 3.05) is 31.6 Å². The van der Waals surface area contributed by atoms with Crippen molar-refractivity contribution in [3.63, 3.8) is 0 Å². The molecule has 0 radical (unpaired) electrons. The van der Waals surface area contributed by atoms with Crippen LogP contribution < -0.4 is 4.90 Å². The standard InChI is InChI=1S/C15H20BrN3O3/c1-3-19(13-7-6-12(16)9-17-13)14(20)11-5-4-8-18(10-11)15(21)22-2/h6-7,9,11H,3-5,8,10H2,1-2H3/t11-/m0/s1. The number of piperidine rings is 1. The van der Waals surface area contributed by atoms with Gasteiger partial charge in [0.15, 0.2) is 0 Å². The second-order valence-electron chi connectivity index (χ2n) is 5.17. The fourth-order valence-electron chi connectivity index (χ4n) is 2.65. The number of pyridine rings is 1. The number of hydrogen-bond donors (Lipinski definition) is 0. The number of ether oxygens (including phenoxy) is 1. The normalized spacial score (nSPS) is 18.0. The third-order valence-corrected chi connectivity index (χ3v) is 4.24. The Morgan fingerprint density at radius 1 is 1.50 bits per heavy atom. The van der Waals surface area contributed by atoms with Gasteiger partial charge in [0, 0.05) is 30.3 Å². The van der Waals surface area contributed by atoms with E-state index in [1.54, 1.807) is 16.0 Å². The summed E-state index contributed by atoms with van der Waals surface area (Å²) in [5.41, 5.74) is 0. The summed E-state index contributed by atoms with van der Waals surface area (Å²) in [4.78, 5) is 32.0. The molecule has 1 aromatic rings. The highest BCUT2D eigenvalue weighted by Gasteiger charge is 2.32. The Labute approximate surface area is 138 Å². The summed E-state index contributed by atoms with van der Waals surface area (Å²) in [5, 5.41) is 0. The molecule has 0 saturated carbocycles. The molecule has 0 aliphatic carbocycles. The minimum absolute atomic E-state index is 0.00549. The van der Waals surface area contributed by atoms with Gasteiger partial charge in [-0.05, 0) is 47.8 Å². The average Bonchev–Trinajstić information content (AvgIpc) is 2.56. The van der Waals surface area contributed by atoms with Crippen LogP contribution >= 0.6 is 15.9 Å². The van der Waals surface area contributed by atoms with Gasteiger partial charge in [-0.25, -0.2) is 9.78 Å². The molecule has 0 spiro atoms. The quantitative estimate of drug-likeness (QED) is 0.821. The third kappa shape index (κ3) is 3.76. The van der Waals surface area contributed by atoms with Crippen molar-refractivity contribution < 1.29 is 14.3 Å². The molecular formula is C15H20BrN3O3. The van der Waals surface area contributed by atoms with Crippen LogP contribution in [0.5, 0.6) is 0 Å². The largest absolute Gasteiger partial charge is 0.453 e. The van der Waals surface area contributed by atoms with Gasteiger partial charge in [0.25, 0.3) is 0 Å². The summed E-state index contributed by atoms with van der Waals surface area (Å²) < 4.78 is 5.62. The predicted molar refractivity (Wildman–Crippen MR) is 86.7 cm³/mol. The highest BCUT2D eigenvalue weighted by Crippen LogP contribution is 2.23. The van der Waals surface area contributed by atoms with E-state index >= 15 is 0 Å². The summed E-state index contributed by atoms with van der Waals surface area (Å²) in [6.07, 6.45) is 2.88. The zero-order valence-corrected chi connectivity index (χ0v) is 14.4. The first kappa shape index (κ1) is 16.7. The van der Waals surface area contributed by atoms with Crippen molar-refractivity contribution in [3.8, 4) is 0 Å². The number of anilines is 1. The molecule has 22 heavy (non-hydrogen) atoms. The van der Waals surface area contributed by atoms with Crippen LogP contribution in [0.3, 0.4) is 0 Å². The Hall–Kier alpha value is -1.63. The molecule has 0 N–H and O–H groups in total. The molecule has 2 amide bonds. The second-order valence-corrected chi connectivity index (χ2v) is 6.09. The van der Waals surface area contributed by atoms with Gasteiger partial charge < -0.3 is 9.64 Å². The van der Waals surface area contributed by atoms with Crippen molar-refractivity contribution in [3.05, 3.63) is 22.8 Å². The van der Waals surface area contributed by atoms with E-state index < -0.39 is 0 Å². The van der Waals surface area contributed by atoms with Gasteiger partial charge in [-0.3, -0.25) is 9.69 Å². The Morgan fingerprint density at radius 3 is 2.86 bits per heavy atom. The SMILES string of the molecule is CCN(C(=O)[C@H]1CCCN(C(=O)OC)C1)c1ccc(Br)cn1. The van der Waals surface area contributed by atoms with Gasteiger partial charge in [-0.1, -0.05) is 0 Å². The monoisotopic (exact) mass is 369 g/mol. The lowest BCUT2D eigenvalue weighted by atomic mass is 9.96. The molecule has 0 bridgehead atoms. The van der Waals surface area contributed by atoms with Gasteiger partial charge >= 0.3 is 6.09 Å². The molecule has 1 fully saturated rings. The van der Waals surface area contributed by atoms with Crippen LogP contribution in [0.15, 0.2) is 22.8 Å². The molecular weight excluding hydrogens is 350 g/mol. The number of likely N-dealkylation sites (tertiary alicyclic amines) is 1. The Bertz CT molecular complexity index is 535. The molecule has 7 heteroatoms. The molecule has 1 saturated heterocycles. The van der Waals surface area contributed by atoms with Gasteiger partial charge in [0.1, 0.15) is 5.82 Å². The summed E-state index contributed by atoms with van der Waals surface area (Å²) in [5.74, 6) is 0.426. The van der Waals surface area contributed by atoms with E-state index in [0.717, 1.165) is 17.3 Å². The molecule has 6 nitrogen and oxygen atoms in total. The number of methoxy groups -OCH3 is 1. The first-order valence-corrected chi connectivity index (χ1v) is 8.12. The van der Waals surface area contributed by atoms with Crippen LogP contribution in [-0.4, -0.2) is 48.6 Å². The average molecular weight is 370 g/mol.